The third kappa shape index (κ3) is 3.98. The van der Waals surface area contributed by atoms with Gasteiger partial charge in [-0.1, -0.05) is 26.8 Å². The zero-order valence-corrected chi connectivity index (χ0v) is 11.8. The van der Waals surface area contributed by atoms with Crippen molar-refractivity contribution in [3.05, 3.63) is 29.6 Å². The van der Waals surface area contributed by atoms with Crippen LogP contribution in [0.5, 0.6) is 5.75 Å². The van der Waals surface area contributed by atoms with Crippen LogP contribution in [0.15, 0.2) is 18.2 Å². The van der Waals surface area contributed by atoms with E-state index in [0.717, 1.165) is 24.9 Å². The van der Waals surface area contributed by atoms with Crippen LogP contribution in [0.1, 0.15) is 52.1 Å². The summed E-state index contributed by atoms with van der Waals surface area (Å²) in [5, 5.41) is 3.26. The van der Waals surface area contributed by atoms with Gasteiger partial charge in [-0.15, -0.1) is 0 Å². The van der Waals surface area contributed by atoms with E-state index < -0.39 is 0 Å². The molecule has 0 saturated heterocycles. The van der Waals surface area contributed by atoms with Crippen molar-refractivity contribution in [2.75, 3.05) is 6.54 Å². The average Bonchev–Trinajstić information content (AvgIpc) is 2.37. The van der Waals surface area contributed by atoms with Crippen LogP contribution >= 0.6 is 0 Å². The molecule has 0 amide bonds. The number of ether oxygens (including phenoxy) is 1. The number of rotatable bonds is 7. The topological polar surface area (TPSA) is 21.3 Å². The summed E-state index contributed by atoms with van der Waals surface area (Å²) in [6.45, 7) is 9.03. The second-order valence-electron chi connectivity index (χ2n) is 4.53. The molecule has 0 spiro atoms. The van der Waals surface area contributed by atoms with E-state index in [1.54, 1.807) is 12.1 Å². The number of halogens is 1. The highest BCUT2D eigenvalue weighted by molar-refractivity contribution is 5.31. The van der Waals surface area contributed by atoms with Gasteiger partial charge in [-0.05, 0) is 44.0 Å². The summed E-state index contributed by atoms with van der Waals surface area (Å²) in [6.07, 6.45) is 1.88. The number of nitrogens with one attached hydrogen (secondary N) is 1. The highest BCUT2D eigenvalue weighted by Gasteiger charge is 2.12. The Kier molecular flexibility index (Phi) is 6.13. The van der Waals surface area contributed by atoms with Crippen LogP contribution in [0, 0.1) is 5.82 Å². The van der Waals surface area contributed by atoms with Gasteiger partial charge in [0.2, 0.25) is 0 Å². The second kappa shape index (κ2) is 7.37. The summed E-state index contributed by atoms with van der Waals surface area (Å²) >= 11 is 0. The fourth-order valence-electron chi connectivity index (χ4n) is 1.94. The zero-order valence-electron chi connectivity index (χ0n) is 11.8. The standard InChI is InChI=1S/C15H24FNO/c1-5-13(6-2)18-15-9-8-12(10-14(15)16)11(4)17-7-3/h8-11,13,17H,5-7H2,1-4H3. The SMILES string of the molecule is CCNC(C)c1ccc(OC(CC)CC)c(F)c1. The molecular weight excluding hydrogens is 229 g/mol. The Morgan fingerprint density at radius 2 is 1.89 bits per heavy atom. The molecule has 1 aromatic carbocycles. The Labute approximate surface area is 110 Å². The molecule has 0 bridgehead atoms. The lowest BCUT2D eigenvalue weighted by molar-refractivity contribution is 0.184. The van der Waals surface area contributed by atoms with Gasteiger partial charge < -0.3 is 10.1 Å². The maximum atomic E-state index is 13.9. The van der Waals surface area contributed by atoms with E-state index in [1.165, 1.54) is 0 Å². The summed E-state index contributed by atoms with van der Waals surface area (Å²) in [5.74, 6) is 0.0836. The Bertz CT molecular complexity index is 364. The molecule has 0 aromatic heterocycles. The number of hydrogen-bond donors (Lipinski definition) is 1. The highest BCUT2D eigenvalue weighted by atomic mass is 19.1. The smallest absolute Gasteiger partial charge is 0.165 e. The van der Waals surface area contributed by atoms with Crippen molar-refractivity contribution >= 4 is 0 Å². The maximum Gasteiger partial charge on any atom is 0.165 e. The zero-order chi connectivity index (χ0) is 13.5. The first-order valence-electron chi connectivity index (χ1n) is 6.81. The van der Waals surface area contributed by atoms with E-state index in [2.05, 4.69) is 5.32 Å². The summed E-state index contributed by atoms with van der Waals surface area (Å²) in [4.78, 5) is 0. The van der Waals surface area contributed by atoms with Crippen LogP contribution < -0.4 is 10.1 Å². The van der Waals surface area contributed by atoms with Gasteiger partial charge in [-0.3, -0.25) is 0 Å². The molecule has 102 valence electrons. The van der Waals surface area contributed by atoms with Crippen molar-refractivity contribution in [2.24, 2.45) is 0 Å². The van der Waals surface area contributed by atoms with Gasteiger partial charge in [0.25, 0.3) is 0 Å². The molecule has 3 heteroatoms. The van der Waals surface area contributed by atoms with E-state index in [1.807, 2.05) is 33.8 Å². The monoisotopic (exact) mass is 253 g/mol. The van der Waals surface area contributed by atoms with Gasteiger partial charge in [0.05, 0.1) is 6.10 Å². The lowest BCUT2D eigenvalue weighted by Gasteiger charge is -2.18. The van der Waals surface area contributed by atoms with Crippen molar-refractivity contribution in [1.82, 2.24) is 5.32 Å². The molecule has 18 heavy (non-hydrogen) atoms. The van der Waals surface area contributed by atoms with Gasteiger partial charge in [0.15, 0.2) is 11.6 Å². The number of benzene rings is 1. The van der Waals surface area contributed by atoms with Crippen LogP contribution in [0.25, 0.3) is 0 Å². The van der Waals surface area contributed by atoms with Crippen LogP contribution in [0.4, 0.5) is 4.39 Å². The average molecular weight is 253 g/mol. The molecule has 0 fully saturated rings. The summed E-state index contributed by atoms with van der Waals surface area (Å²) in [7, 11) is 0. The second-order valence-corrected chi connectivity index (χ2v) is 4.53. The first-order chi connectivity index (χ1) is 8.62. The predicted octanol–water partition coefficient (Wildman–Crippen LogP) is 4.06. The van der Waals surface area contributed by atoms with Crippen molar-refractivity contribution < 1.29 is 9.13 Å². The fraction of sp³-hybridized carbons (Fsp3) is 0.600. The lowest BCUT2D eigenvalue weighted by Crippen LogP contribution is -2.18. The number of hydrogen-bond acceptors (Lipinski definition) is 2. The molecule has 0 saturated carbocycles. The van der Waals surface area contributed by atoms with Crippen molar-refractivity contribution in [1.29, 1.82) is 0 Å². The van der Waals surface area contributed by atoms with E-state index in [9.17, 15) is 4.39 Å². The van der Waals surface area contributed by atoms with Gasteiger partial charge >= 0.3 is 0 Å². The first kappa shape index (κ1) is 15.0. The molecule has 1 unspecified atom stereocenters. The van der Waals surface area contributed by atoms with Crippen molar-refractivity contribution in [3.63, 3.8) is 0 Å². The summed E-state index contributed by atoms with van der Waals surface area (Å²) in [5.41, 5.74) is 0.950. The quantitative estimate of drug-likeness (QED) is 0.791. The van der Waals surface area contributed by atoms with Crippen molar-refractivity contribution in [2.45, 2.75) is 52.7 Å². The third-order valence-electron chi connectivity index (χ3n) is 3.17. The minimum Gasteiger partial charge on any atom is -0.487 e. The Balaban J connectivity index is 2.79. The van der Waals surface area contributed by atoms with Gasteiger partial charge in [-0.25, -0.2) is 4.39 Å². The molecule has 0 radical (unpaired) electrons. The largest absolute Gasteiger partial charge is 0.487 e. The molecule has 1 rings (SSSR count). The van der Waals surface area contributed by atoms with Gasteiger partial charge in [-0.2, -0.15) is 0 Å². The van der Waals surface area contributed by atoms with E-state index in [-0.39, 0.29) is 18.0 Å². The Morgan fingerprint density at radius 3 is 2.39 bits per heavy atom. The summed E-state index contributed by atoms with van der Waals surface area (Å²) < 4.78 is 19.6. The molecule has 1 N–H and O–H groups in total. The van der Waals surface area contributed by atoms with Crippen LogP contribution in [0.3, 0.4) is 0 Å². The fourth-order valence-corrected chi connectivity index (χ4v) is 1.94. The molecule has 0 aliphatic carbocycles. The van der Waals surface area contributed by atoms with Gasteiger partial charge in [0, 0.05) is 6.04 Å². The molecule has 1 aromatic rings. The van der Waals surface area contributed by atoms with E-state index in [0.29, 0.717) is 5.75 Å². The molecule has 1 atom stereocenters. The molecule has 0 heterocycles. The maximum absolute atomic E-state index is 13.9. The molecule has 0 aliphatic rings. The van der Waals surface area contributed by atoms with E-state index in [4.69, 9.17) is 4.74 Å². The first-order valence-corrected chi connectivity index (χ1v) is 6.81. The minimum atomic E-state index is -0.274. The van der Waals surface area contributed by atoms with E-state index >= 15 is 0 Å². The predicted molar refractivity (Wildman–Crippen MR) is 73.5 cm³/mol. The molecular formula is C15H24FNO. The highest BCUT2D eigenvalue weighted by Crippen LogP contribution is 2.24. The Hall–Kier alpha value is -1.09. The lowest BCUT2D eigenvalue weighted by atomic mass is 10.1. The van der Waals surface area contributed by atoms with Crippen LogP contribution in [-0.2, 0) is 0 Å². The van der Waals surface area contributed by atoms with Gasteiger partial charge in [0.1, 0.15) is 0 Å². The Morgan fingerprint density at radius 1 is 1.22 bits per heavy atom. The minimum absolute atomic E-state index is 0.0940. The van der Waals surface area contributed by atoms with Crippen LogP contribution in [0.2, 0.25) is 0 Å². The summed E-state index contributed by atoms with van der Waals surface area (Å²) in [6, 6.07) is 5.38. The third-order valence-corrected chi connectivity index (χ3v) is 3.17. The van der Waals surface area contributed by atoms with Crippen LogP contribution in [-0.4, -0.2) is 12.6 Å². The van der Waals surface area contributed by atoms with Crippen molar-refractivity contribution in [3.8, 4) is 5.75 Å². The molecule has 0 aliphatic heterocycles. The normalized spacial score (nSPS) is 12.8. The molecule has 2 nitrogen and oxygen atoms in total.